The van der Waals surface area contributed by atoms with Crippen LogP contribution in [0.5, 0.6) is 0 Å². The average molecular weight is 410 g/mol. The molecule has 0 aromatic heterocycles. The van der Waals surface area contributed by atoms with Gasteiger partial charge in [-0.05, 0) is 50.9 Å². The maximum atomic E-state index is 12.8. The molecule has 0 bridgehead atoms. The summed E-state index contributed by atoms with van der Waals surface area (Å²) in [6.45, 7) is 6.44. The number of piperidine rings is 1. The van der Waals surface area contributed by atoms with Gasteiger partial charge in [-0.15, -0.1) is 0 Å². The molecular weight excluding hydrogens is 378 g/mol. The Balaban J connectivity index is 1.53. The van der Waals surface area contributed by atoms with Crippen LogP contribution in [-0.4, -0.2) is 75.5 Å². The van der Waals surface area contributed by atoms with Gasteiger partial charge in [-0.3, -0.25) is 4.79 Å². The third kappa shape index (κ3) is 5.31. The molecule has 8 heteroatoms. The maximum absolute atomic E-state index is 12.8. The number of amides is 1. The lowest BCUT2D eigenvalue weighted by molar-refractivity contribution is 0.0730. The van der Waals surface area contributed by atoms with Crippen LogP contribution in [0.15, 0.2) is 29.2 Å². The fourth-order valence-corrected chi connectivity index (χ4v) is 5.26. The van der Waals surface area contributed by atoms with Crippen molar-refractivity contribution >= 4 is 15.9 Å². The van der Waals surface area contributed by atoms with Crippen molar-refractivity contribution in [2.75, 3.05) is 45.9 Å². The number of nitrogens with zero attached hydrogens (tertiary/aromatic N) is 2. The Morgan fingerprint density at radius 1 is 1.21 bits per heavy atom. The SMILES string of the molecule is C[C@H]1CCCCN1CCCNC(=O)c1cccc(S(=O)(=O)N2CCOCC2)c1. The van der Waals surface area contributed by atoms with Gasteiger partial charge in [0.2, 0.25) is 10.0 Å². The van der Waals surface area contributed by atoms with Crippen LogP contribution >= 0.6 is 0 Å². The van der Waals surface area contributed by atoms with Crippen LogP contribution in [0.4, 0.5) is 0 Å². The molecule has 1 amide bonds. The van der Waals surface area contributed by atoms with Crippen LogP contribution in [0, 0.1) is 0 Å². The second-order valence-electron chi connectivity index (χ2n) is 7.53. The zero-order valence-electron chi connectivity index (χ0n) is 16.6. The Morgan fingerprint density at radius 3 is 2.75 bits per heavy atom. The predicted molar refractivity (Wildman–Crippen MR) is 108 cm³/mol. The van der Waals surface area contributed by atoms with Gasteiger partial charge in [-0.25, -0.2) is 8.42 Å². The molecule has 28 heavy (non-hydrogen) atoms. The molecule has 156 valence electrons. The van der Waals surface area contributed by atoms with E-state index in [9.17, 15) is 13.2 Å². The Hall–Kier alpha value is -1.48. The van der Waals surface area contributed by atoms with Gasteiger partial charge in [0, 0.05) is 37.8 Å². The molecule has 1 N–H and O–H groups in total. The van der Waals surface area contributed by atoms with Gasteiger partial charge in [0.15, 0.2) is 0 Å². The highest BCUT2D eigenvalue weighted by atomic mass is 32.2. The Morgan fingerprint density at radius 2 is 2.00 bits per heavy atom. The van der Waals surface area contributed by atoms with Crippen LogP contribution < -0.4 is 5.32 Å². The summed E-state index contributed by atoms with van der Waals surface area (Å²) in [7, 11) is -3.60. The largest absolute Gasteiger partial charge is 0.379 e. The molecule has 0 unspecified atom stereocenters. The molecule has 0 radical (unpaired) electrons. The molecule has 2 fully saturated rings. The molecule has 0 aliphatic carbocycles. The number of nitrogens with one attached hydrogen (secondary N) is 1. The molecule has 1 atom stereocenters. The molecule has 2 aliphatic rings. The monoisotopic (exact) mass is 409 g/mol. The fraction of sp³-hybridized carbons (Fsp3) is 0.650. The topological polar surface area (TPSA) is 79.0 Å². The first-order valence-electron chi connectivity index (χ1n) is 10.2. The summed E-state index contributed by atoms with van der Waals surface area (Å²) >= 11 is 0. The highest BCUT2D eigenvalue weighted by molar-refractivity contribution is 7.89. The second-order valence-corrected chi connectivity index (χ2v) is 9.47. The summed E-state index contributed by atoms with van der Waals surface area (Å²) in [5.41, 5.74) is 0.376. The van der Waals surface area contributed by atoms with E-state index >= 15 is 0 Å². The lowest BCUT2D eigenvalue weighted by Gasteiger charge is -2.33. The van der Waals surface area contributed by atoms with Gasteiger partial charge < -0.3 is 15.0 Å². The number of rotatable bonds is 7. The molecule has 0 spiro atoms. The van der Waals surface area contributed by atoms with Crippen LogP contribution in [0.25, 0.3) is 0 Å². The predicted octanol–water partition coefficient (Wildman–Crippen LogP) is 1.70. The summed E-state index contributed by atoms with van der Waals surface area (Å²) < 4.78 is 32.2. The Labute approximate surface area is 168 Å². The van der Waals surface area contributed by atoms with Gasteiger partial charge in [0.25, 0.3) is 5.91 Å². The van der Waals surface area contributed by atoms with Crippen molar-refractivity contribution in [3.05, 3.63) is 29.8 Å². The van der Waals surface area contributed by atoms with E-state index in [-0.39, 0.29) is 10.8 Å². The summed E-state index contributed by atoms with van der Waals surface area (Å²) in [5, 5.41) is 2.92. The van der Waals surface area contributed by atoms with Gasteiger partial charge in [-0.2, -0.15) is 4.31 Å². The van der Waals surface area contributed by atoms with Gasteiger partial charge in [0.05, 0.1) is 18.1 Å². The number of sulfonamides is 1. The summed E-state index contributed by atoms with van der Waals surface area (Å²) in [6, 6.07) is 6.90. The Kier molecular flexibility index (Phi) is 7.45. The third-order valence-electron chi connectivity index (χ3n) is 5.55. The first-order chi connectivity index (χ1) is 13.5. The first-order valence-corrected chi connectivity index (χ1v) is 11.6. The van der Waals surface area contributed by atoms with Gasteiger partial charge in [0.1, 0.15) is 0 Å². The highest BCUT2D eigenvalue weighted by Crippen LogP contribution is 2.19. The number of benzene rings is 1. The molecule has 0 saturated carbocycles. The molecule has 2 heterocycles. The van der Waals surface area contributed by atoms with Crippen molar-refractivity contribution in [3.8, 4) is 0 Å². The van der Waals surface area contributed by atoms with Crippen LogP contribution in [0.1, 0.15) is 43.0 Å². The van der Waals surface area contributed by atoms with Crippen molar-refractivity contribution in [1.29, 1.82) is 0 Å². The van der Waals surface area contributed by atoms with E-state index in [4.69, 9.17) is 4.74 Å². The van der Waals surface area contributed by atoms with Crippen LogP contribution in [0.2, 0.25) is 0 Å². The van der Waals surface area contributed by atoms with E-state index < -0.39 is 10.0 Å². The molecule has 2 saturated heterocycles. The normalized spacial score (nSPS) is 22.1. The minimum atomic E-state index is -3.60. The van der Waals surface area contributed by atoms with E-state index in [1.165, 1.54) is 29.6 Å². The smallest absolute Gasteiger partial charge is 0.251 e. The van der Waals surface area contributed by atoms with E-state index in [0.29, 0.717) is 44.5 Å². The number of carbonyl (C=O) groups excluding carboxylic acids is 1. The number of carbonyl (C=O) groups is 1. The number of hydrogen-bond donors (Lipinski definition) is 1. The van der Waals surface area contributed by atoms with E-state index in [1.807, 2.05) is 0 Å². The first kappa shape index (κ1) is 21.2. The number of morpholine rings is 1. The lowest BCUT2D eigenvalue weighted by atomic mass is 10.0. The zero-order chi connectivity index (χ0) is 20.0. The number of hydrogen-bond acceptors (Lipinski definition) is 5. The minimum Gasteiger partial charge on any atom is -0.379 e. The van der Waals surface area contributed by atoms with E-state index in [1.54, 1.807) is 18.2 Å². The van der Waals surface area contributed by atoms with Gasteiger partial charge >= 0.3 is 0 Å². The Bertz CT molecular complexity index is 762. The van der Waals surface area contributed by atoms with Crippen LogP contribution in [-0.2, 0) is 14.8 Å². The zero-order valence-corrected chi connectivity index (χ0v) is 17.4. The summed E-state index contributed by atoms with van der Waals surface area (Å²) in [5.74, 6) is -0.231. The fourth-order valence-electron chi connectivity index (χ4n) is 3.81. The molecular formula is C20H31N3O4S. The quantitative estimate of drug-likeness (QED) is 0.694. The maximum Gasteiger partial charge on any atom is 0.251 e. The number of likely N-dealkylation sites (tertiary alicyclic amines) is 1. The number of ether oxygens (including phenoxy) is 1. The molecule has 1 aromatic carbocycles. The highest BCUT2D eigenvalue weighted by Gasteiger charge is 2.26. The molecule has 3 rings (SSSR count). The van der Waals surface area contributed by atoms with E-state index in [0.717, 1.165) is 19.5 Å². The van der Waals surface area contributed by atoms with Crippen molar-refractivity contribution < 1.29 is 17.9 Å². The van der Waals surface area contributed by atoms with E-state index in [2.05, 4.69) is 17.1 Å². The lowest BCUT2D eigenvalue weighted by Crippen LogP contribution is -2.40. The van der Waals surface area contributed by atoms with Crippen molar-refractivity contribution in [2.24, 2.45) is 0 Å². The standard InChI is InChI=1S/C20H31N3O4S/c1-17-6-2-3-10-22(17)11-5-9-21-20(24)18-7-4-8-19(16-18)28(25,26)23-12-14-27-15-13-23/h4,7-8,16-17H,2-3,5-6,9-15H2,1H3,(H,21,24)/t17-/m0/s1. The van der Waals surface area contributed by atoms with Crippen molar-refractivity contribution in [2.45, 2.75) is 43.5 Å². The third-order valence-corrected chi connectivity index (χ3v) is 7.45. The van der Waals surface area contributed by atoms with Crippen molar-refractivity contribution in [3.63, 3.8) is 0 Å². The molecule has 1 aromatic rings. The summed E-state index contributed by atoms with van der Waals surface area (Å²) in [4.78, 5) is 15.1. The van der Waals surface area contributed by atoms with Crippen molar-refractivity contribution in [1.82, 2.24) is 14.5 Å². The average Bonchev–Trinajstić information content (AvgIpc) is 2.73. The van der Waals surface area contributed by atoms with Crippen LogP contribution in [0.3, 0.4) is 0 Å². The molecule has 2 aliphatic heterocycles. The summed E-state index contributed by atoms with van der Waals surface area (Å²) in [6.07, 6.45) is 4.69. The molecule has 7 nitrogen and oxygen atoms in total. The second kappa shape index (κ2) is 9.82. The minimum absolute atomic E-state index is 0.157. The van der Waals surface area contributed by atoms with Gasteiger partial charge in [-0.1, -0.05) is 12.5 Å².